The highest BCUT2D eigenvalue weighted by atomic mass is 32.2. The van der Waals surface area contributed by atoms with E-state index in [0.717, 1.165) is 11.4 Å². The Morgan fingerprint density at radius 1 is 1.50 bits per heavy atom. The maximum atomic E-state index is 11.9. The molecule has 1 aliphatic heterocycles. The molecule has 1 saturated heterocycles. The van der Waals surface area contributed by atoms with E-state index in [1.165, 1.54) is 0 Å². The monoisotopic (exact) mass is 310 g/mol. The van der Waals surface area contributed by atoms with E-state index in [0.29, 0.717) is 12.8 Å². The first kappa shape index (κ1) is 16.8. The maximum Gasteiger partial charge on any atom is 0.336 e. The molecular formula is C10H18N2O7S. The number of nitrogens with zero attached hydrogens (tertiary/aromatic N) is 1. The van der Waals surface area contributed by atoms with Gasteiger partial charge in [-0.3, -0.25) is 4.79 Å². The molecule has 9 nitrogen and oxygen atoms in total. The first-order valence-electron chi connectivity index (χ1n) is 6.01. The van der Waals surface area contributed by atoms with Crippen LogP contribution in [0, 0.1) is 5.92 Å². The summed E-state index contributed by atoms with van der Waals surface area (Å²) < 4.78 is 31.2. The van der Waals surface area contributed by atoms with Crippen LogP contribution >= 0.6 is 0 Å². The van der Waals surface area contributed by atoms with E-state index in [1.807, 2.05) is 0 Å². The molecule has 0 radical (unpaired) electrons. The molecule has 0 aromatic carbocycles. The molecular weight excluding hydrogens is 292 g/mol. The van der Waals surface area contributed by atoms with E-state index >= 15 is 0 Å². The van der Waals surface area contributed by atoms with Crippen LogP contribution in [0.4, 0.5) is 0 Å². The maximum absolute atomic E-state index is 11.9. The van der Waals surface area contributed by atoms with Crippen molar-refractivity contribution in [2.24, 2.45) is 5.92 Å². The van der Waals surface area contributed by atoms with E-state index in [2.05, 4.69) is 9.46 Å². The van der Waals surface area contributed by atoms with Gasteiger partial charge in [0.05, 0.1) is 13.0 Å². The summed E-state index contributed by atoms with van der Waals surface area (Å²) in [6, 6.07) is 0. The van der Waals surface area contributed by atoms with Gasteiger partial charge in [-0.25, -0.2) is 4.79 Å². The van der Waals surface area contributed by atoms with Crippen LogP contribution in [0.5, 0.6) is 0 Å². The third-order valence-corrected chi connectivity index (χ3v) is 4.55. The molecule has 116 valence electrons. The van der Waals surface area contributed by atoms with Crippen molar-refractivity contribution in [3.8, 4) is 0 Å². The van der Waals surface area contributed by atoms with Gasteiger partial charge in [-0.2, -0.15) is 17.4 Å². The minimum atomic E-state index is -3.93. The van der Waals surface area contributed by atoms with Crippen LogP contribution in [0.15, 0.2) is 0 Å². The molecule has 0 aromatic rings. The minimum Gasteiger partial charge on any atom is -0.481 e. The predicted octanol–water partition coefficient (Wildman–Crippen LogP) is -1.85. The molecule has 3 N–H and O–H groups in total. The van der Waals surface area contributed by atoms with Crippen molar-refractivity contribution in [2.45, 2.75) is 18.9 Å². The number of esters is 1. The van der Waals surface area contributed by atoms with E-state index in [1.54, 1.807) is 0 Å². The Hall–Kier alpha value is -1.23. The Morgan fingerprint density at radius 2 is 2.15 bits per heavy atom. The molecule has 2 unspecified atom stereocenters. The van der Waals surface area contributed by atoms with Gasteiger partial charge < -0.3 is 14.9 Å². The fourth-order valence-electron chi connectivity index (χ4n) is 1.86. The van der Waals surface area contributed by atoms with Crippen molar-refractivity contribution in [2.75, 3.05) is 26.7 Å². The molecule has 2 atom stereocenters. The fraction of sp³-hybridized carbons (Fsp3) is 0.800. The second kappa shape index (κ2) is 6.97. The second-order valence-corrected chi connectivity index (χ2v) is 6.18. The Bertz CT molecular complexity index is 464. The lowest BCUT2D eigenvalue weighted by molar-refractivity contribution is -0.149. The van der Waals surface area contributed by atoms with Gasteiger partial charge in [-0.1, -0.05) is 0 Å². The van der Waals surface area contributed by atoms with Crippen LogP contribution in [0.1, 0.15) is 12.8 Å². The average Bonchev–Trinajstić information content (AvgIpc) is 2.44. The van der Waals surface area contributed by atoms with Crippen molar-refractivity contribution in [3.63, 3.8) is 0 Å². The molecule has 0 amide bonds. The van der Waals surface area contributed by atoms with Crippen LogP contribution in [0.2, 0.25) is 0 Å². The highest BCUT2D eigenvalue weighted by Gasteiger charge is 2.32. The summed E-state index contributed by atoms with van der Waals surface area (Å²) in [7, 11) is -2.86. The number of piperidine rings is 1. The largest absolute Gasteiger partial charge is 0.481 e. The zero-order chi connectivity index (χ0) is 15.3. The topological polar surface area (TPSA) is 133 Å². The number of nitrogens with one attached hydrogen (secondary N) is 1. The highest BCUT2D eigenvalue weighted by Crippen LogP contribution is 2.18. The lowest BCUT2D eigenvalue weighted by atomic mass is 10.0. The van der Waals surface area contributed by atoms with Crippen LogP contribution in [-0.4, -0.2) is 67.7 Å². The third kappa shape index (κ3) is 4.40. The van der Waals surface area contributed by atoms with Gasteiger partial charge in [0.2, 0.25) is 0 Å². The van der Waals surface area contributed by atoms with Crippen molar-refractivity contribution < 1.29 is 33.0 Å². The summed E-state index contributed by atoms with van der Waals surface area (Å²) in [5.74, 6) is -2.74. The summed E-state index contributed by atoms with van der Waals surface area (Å²) >= 11 is 0. The number of aliphatic hydroxyl groups excluding tert-OH is 1. The van der Waals surface area contributed by atoms with E-state index in [-0.39, 0.29) is 13.1 Å². The number of carbonyl (C=O) groups is 2. The number of carboxylic acids is 1. The zero-order valence-electron chi connectivity index (χ0n) is 11.0. The molecule has 20 heavy (non-hydrogen) atoms. The van der Waals surface area contributed by atoms with Gasteiger partial charge in [-0.15, -0.1) is 0 Å². The first-order chi connectivity index (χ1) is 9.27. The number of methoxy groups -OCH3 is 1. The van der Waals surface area contributed by atoms with Crippen molar-refractivity contribution >= 4 is 22.1 Å². The van der Waals surface area contributed by atoms with Crippen LogP contribution in [0.3, 0.4) is 0 Å². The Labute approximate surface area is 116 Å². The van der Waals surface area contributed by atoms with Gasteiger partial charge in [0, 0.05) is 19.6 Å². The molecule has 1 aliphatic rings. The minimum absolute atomic E-state index is 0.126. The van der Waals surface area contributed by atoms with Crippen molar-refractivity contribution in [3.05, 3.63) is 0 Å². The Balaban J connectivity index is 2.60. The Morgan fingerprint density at radius 3 is 2.70 bits per heavy atom. The summed E-state index contributed by atoms with van der Waals surface area (Å²) in [5.41, 5.74) is 0. The molecule has 1 heterocycles. The van der Waals surface area contributed by atoms with Gasteiger partial charge in [0.25, 0.3) is 10.2 Å². The summed E-state index contributed by atoms with van der Waals surface area (Å²) in [6.45, 7) is -0.449. The molecule has 1 fully saturated rings. The number of aliphatic hydroxyl groups is 1. The van der Waals surface area contributed by atoms with E-state index in [4.69, 9.17) is 5.11 Å². The fourth-order valence-corrected chi connectivity index (χ4v) is 3.15. The smallest absolute Gasteiger partial charge is 0.336 e. The summed E-state index contributed by atoms with van der Waals surface area (Å²) in [5, 5.41) is 18.2. The Kier molecular flexibility index (Phi) is 5.87. The van der Waals surface area contributed by atoms with Gasteiger partial charge in [0.15, 0.2) is 6.10 Å². The average molecular weight is 310 g/mol. The van der Waals surface area contributed by atoms with Gasteiger partial charge in [-0.05, 0) is 12.8 Å². The SMILES string of the molecule is COC(=O)C(O)CNS(=O)(=O)N1CCCC(C(=O)O)C1. The molecule has 0 aliphatic carbocycles. The van der Waals surface area contributed by atoms with Gasteiger partial charge >= 0.3 is 11.9 Å². The van der Waals surface area contributed by atoms with Crippen LogP contribution in [0.25, 0.3) is 0 Å². The summed E-state index contributed by atoms with van der Waals surface area (Å²) in [4.78, 5) is 21.8. The summed E-state index contributed by atoms with van der Waals surface area (Å²) in [6.07, 6.45) is -0.737. The quantitative estimate of drug-likeness (QED) is 0.490. The lowest BCUT2D eigenvalue weighted by Gasteiger charge is -2.29. The number of hydrogen-bond acceptors (Lipinski definition) is 6. The van der Waals surface area contributed by atoms with Gasteiger partial charge in [0.1, 0.15) is 0 Å². The number of ether oxygens (including phenoxy) is 1. The standard InChI is InChI=1S/C10H18N2O7S/c1-19-10(16)8(13)5-11-20(17,18)12-4-2-3-7(6-12)9(14)15/h7-8,11,13H,2-6H2,1H3,(H,14,15). The number of hydrogen-bond donors (Lipinski definition) is 3. The van der Waals surface area contributed by atoms with E-state index < -0.39 is 40.7 Å². The molecule has 10 heteroatoms. The predicted molar refractivity (Wildman–Crippen MR) is 66.9 cm³/mol. The van der Waals surface area contributed by atoms with E-state index in [9.17, 15) is 23.1 Å². The normalized spacial score (nSPS) is 22.2. The van der Waals surface area contributed by atoms with Crippen molar-refractivity contribution in [1.29, 1.82) is 0 Å². The molecule has 0 bridgehead atoms. The number of aliphatic carboxylic acids is 1. The highest BCUT2D eigenvalue weighted by molar-refractivity contribution is 7.87. The van der Waals surface area contributed by atoms with Crippen LogP contribution in [-0.2, 0) is 24.5 Å². The first-order valence-corrected chi connectivity index (χ1v) is 7.45. The van der Waals surface area contributed by atoms with Crippen molar-refractivity contribution in [1.82, 2.24) is 9.03 Å². The third-order valence-electron chi connectivity index (χ3n) is 3.01. The van der Waals surface area contributed by atoms with Crippen LogP contribution < -0.4 is 4.72 Å². The second-order valence-electron chi connectivity index (χ2n) is 4.43. The molecule has 1 rings (SSSR count). The molecule has 0 spiro atoms. The zero-order valence-corrected chi connectivity index (χ0v) is 11.8. The molecule has 0 aromatic heterocycles. The number of rotatable bonds is 6. The lowest BCUT2D eigenvalue weighted by Crippen LogP contribution is -2.49. The number of carboxylic acid groups (broad SMARTS) is 1. The number of carbonyl (C=O) groups excluding carboxylic acids is 1. The molecule has 0 saturated carbocycles.